The van der Waals surface area contributed by atoms with Gasteiger partial charge in [-0.25, -0.2) is 9.69 Å². The third-order valence-corrected chi connectivity index (χ3v) is 4.30. The first-order valence-corrected chi connectivity index (χ1v) is 8.87. The Morgan fingerprint density at radius 2 is 1.71 bits per heavy atom. The van der Waals surface area contributed by atoms with E-state index < -0.39 is 24.5 Å². The van der Waals surface area contributed by atoms with Gasteiger partial charge in [0.15, 0.2) is 18.2 Å². The molecule has 0 saturated heterocycles. The Hall–Kier alpha value is -3.06. The third-order valence-electron chi connectivity index (χ3n) is 4.02. The Morgan fingerprint density at radius 1 is 1.11 bits per heavy atom. The van der Waals surface area contributed by atoms with Crippen LogP contribution in [0.3, 0.4) is 0 Å². The van der Waals surface area contributed by atoms with Crippen LogP contribution in [0.1, 0.15) is 44.9 Å². The van der Waals surface area contributed by atoms with Crippen LogP contribution in [-0.4, -0.2) is 42.6 Å². The van der Waals surface area contributed by atoms with Crippen LogP contribution in [0, 0.1) is 0 Å². The molecule has 2 aromatic rings. The lowest BCUT2D eigenvalue weighted by Crippen LogP contribution is -2.33. The van der Waals surface area contributed by atoms with E-state index in [4.69, 9.17) is 25.8 Å². The van der Waals surface area contributed by atoms with Gasteiger partial charge < -0.3 is 14.2 Å². The highest BCUT2D eigenvalue weighted by Gasteiger charge is 2.35. The van der Waals surface area contributed by atoms with E-state index in [0.717, 1.165) is 4.90 Å². The lowest BCUT2D eigenvalue weighted by molar-refractivity contribution is 0.0228. The van der Waals surface area contributed by atoms with Gasteiger partial charge in [0, 0.05) is 0 Å². The summed E-state index contributed by atoms with van der Waals surface area (Å²) in [5.41, 5.74) is 0.668. The van der Waals surface area contributed by atoms with E-state index >= 15 is 0 Å². The van der Waals surface area contributed by atoms with Crippen molar-refractivity contribution in [3.63, 3.8) is 0 Å². The van der Waals surface area contributed by atoms with E-state index in [1.807, 2.05) is 13.8 Å². The Balaban J connectivity index is 1.75. The van der Waals surface area contributed by atoms with Gasteiger partial charge in [-0.2, -0.15) is 0 Å². The quantitative estimate of drug-likeness (QED) is 0.542. The maximum absolute atomic E-state index is 12.4. The standard InChI is InChI=1S/C20H18ClNO6/c1-11(2)28-17-15(21)8-12(9-16(17)26-3)20(25)27-10-22-18(23)13-6-4-5-7-14(13)19(22)24/h4-9,11H,10H2,1-3H3. The van der Waals surface area contributed by atoms with Gasteiger partial charge in [0.25, 0.3) is 11.8 Å². The molecule has 0 spiro atoms. The summed E-state index contributed by atoms with van der Waals surface area (Å²) < 4.78 is 16.0. The molecule has 1 aliphatic heterocycles. The normalized spacial score (nSPS) is 13.0. The van der Waals surface area contributed by atoms with Crippen molar-refractivity contribution in [3.8, 4) is 11.5 Å². The number of esters is 1. The number of carbonyl (C=O) groups excluding carboxylic acids is 3. The zero-order chi connectivity index (χ0) is 20.4. The first-order chi connectivity index (χ1) is 13.3. The number of fused-ring (bicyclic) bond motifs is 1. The Kier molecular flexibility index (Phi) is 5.56. The van der Waals surface area contributed by atoms with Gasteiger partial charge in [0.2, 0.25) is 0 Å². The highest BCUT2D eigenvalue weighted by atomic mass is 35.5. The number of amides is 2. The van der Waals surface area contributed by atoms with Crippen molar-refractivity contribution < 1.29 is 28.6 Å². The number of hydrogen-bond acceptors (Lipinski definition) is 6. The molecule has 7 nitrogen and oxygen atoms in total. The Bertz CT molecular complexity index is 921. The number of nitrogens with zero attached hydrogens (tertiary/aromatic N) is 1. The summed E-state index contributed by atoms with van der Waals surface area (Å²) in [7, 11) is 1.42. The molecular weight excluding hydrogens is 386 g/mol. The Morgan fingerprint density at radius 3 is 2.25 bits per heavy atom. The van der Waals surface area contributed by atoms with Gasteiger partial charge in [-0.3, -0.25) is 9.59 Å². The van der Waals surface area contributed by atoms with Crippen molar-refractivity contribution in [1.82, 2.24) is 4.90 Å². The molecule has 0 N–H and O–H groups in total. The van der Waals surface area contributed by atoms with Crippen LogP contribution < -0.4 is 9.47 Å². The number of rotatable bonds is 6. The molecule has 1 aliphatic rings. The maximum Gasteiger partial charge on any atom is 0.340 e. The van der Waals surface area contributed by atoms with Crippen LogP contribution in [0.25, 0.3) is 0 Å². The summed E-state index contributed by atoms with van der Waals surface area (Å²) in [5, 5.41) is 0.181. The summed E-state index contributed by atoms with van der Waals surface area (Å²) in [4.78, 5) is 37.9. The van der Waals surface area contributed by atoms with Gasteiger partial charge in [-0.1, -0.05) is 23.7 Å². The van der Waals surface area contributed by atoms with E-state index in [9.17, 15) is 14.4 Å². The lowest BCUT2D eigenvalue weighted by Gasteiger charge is -2.17. The second-order valence-electron chi connectivity index (χ2n) is 6.30. The van der Waals surface area contributed by atoms with E-state index in [0.29, 0.717) is 5.75 Å². The molecule has 1 heterocycles. The number of ether oxygens (including phenoxy) is 3. The molecule has 146 valence electrons. The molecule has 0 aliphatic carbocycles. The van der Waals surface area contributed by atoms with Crippen molar-refractivity contribution in [3.05, 3.63) is 58.1 Å². The number of carbonyl (C=O) groups is 3. The molecule has 3 rings (SSSR count). The number of methoxy groups -OCH3 is 1. The minimum atomic E-state index is -0.757. The molecule has 8 heteroatoms. The summed E-state index contributed by atoms with van der Waals surface area (Å²) in [6, 6.07) is 9.23. The largest absolute Gasteiger partial charge is 0.493 e. The molecular formula is C20H18ClNO6. The minimum Gasteiger partial charge on any atom is -0.493 e. The summed E-state index contributed by atoms with van der Waals surface area (Å²) in [6.07, 6.45) is -0.141. The predicted octanol–water partition coefficient (Wildman–Crippen LogP) is 3.55. The maximum atomic E-state index is 12.4. The first-order valence-electron chi connectivity index (χ1n) is 8.50. The van der Waals surface area contributed by atoms with Crippen LogP contribution in [0.15, 0.2) is 36.4 Å². The molecule has 2 amide bonds. The van der Waals surface area contributed by atoms with Crippen molar-refractivity contribution in [2.75, 3.05) is 13.8 Å². The molecule has 0 saturated carbocycles. The zero-order valence-electron chi connectivity index (χ0n) is 15.5. The number of imide groups is 1. The predicted molar refractivity (Wildman–Crippen MR) is 101 cm³/mol. The molecule has 0 atom stereocenters. The Labute approximate surface area is 166 Å². The van der Waals surface area contributed by atoms with E-state index in [1.165, 1.54) is 19.2 Å². The van der Waals surface area contributed by atoms with Crippen LogP contribution in [0.2, 0.25) is 5.02 Å². The van der Waals surface area contributed by atoms with Crippen molar-refractivity contribution in [2.45, 2.75) is 20.0 Å². The first kappa shape index (κ1) is 19.7. The number of hydrogen-bond donors (Lipinski definition) is 0. The fraction of sp³-hybridized carbons (Fsp3) is 0.250. The fourth-order valence-electron chi connectivity index (χ4n) is 2.75. The van der Waals surface area contributed by atoms with Crippen LogP contribution in [-0.2, 0) is 4.74 Å². The lowest BCUT2D eigenvalue weighted by atomic mass is 10.1. The third kappa shape index (κ3) is 3.66. The average Bonchev–Trinajstić information content (AvgIpc) is 2.91. The second-order valence-corrected chi connectivity index (χ2v) is 6.71. The molecule has 0 radical (unpaired) electrons. The molecule has 0 aromatic heterocycles. The van der Waals surface area contributed by atoms with Gasteiger partial charge in [0.05, 0.1) is 34.9 Å². The van der Waals surface area contributed by atoms with Gasteiger partial charge >= 0.3 is 5.97 Å². The fourth-order valence-corrected chi connectivity index (χ4v) is 3.01. The second kappa shape index (κ2) is 7.90. The SMILES string of the molecule is COc1cc(C(=O)OCN2C(=O)c3ccccc3C2=O)cc(Cl)c1OC(C)C. The zero-order valence-corrected chi connectivity index (χ0v) is 16.3. The topological polar surface area (TPSA) is 82.1 Å². The molecule has 0 fully saturated rings. The monoisotopic (exact) mass is 403 g/mol. The van der Waals surface area contributed by atoms with Crippen LogP contribution >= 0.6 is 11.6 Å². The molecule has 28 heavy (non-hydrogen) atoms. The van der Waals surface area contributed by atoms with Crippen molar-refractivity contribution in [1.29, 1.82) is 0 Å². The van der Waals surface area contributed by atoms with E-state index in [2.05, 4.69) is 0 Å². The van der Waals surface area contributed by atoms with E-state index in [1.54, 1.807) is 24.3 Å². The number of benzene rings is 2. The highest BCUT2D eigenvalue weighted by molar-refractivity contribution is 6.32. The molecule has 0 unspecified atom stereocenters. The summed E-state index contributed by atoms with van der Waals surface area (Å²) >= 11 is 6.20. The average molecular weight is 404 g/mol. The van der Waals surface area contributed by atoms with Crippen molar-refractivity contribution in [2.24, 2.45) is 0 Å². The summed E-state index contributed by atoms with van der Waals surface area (Å²) in [6.45, 7) is 3.16. The van der Waals surface area contributed by atoms with E-state index in [-0.39, 0.29) is 33.6 Å². The molecule has 2 aromatic carbocycles. The number of halogens is 1. The van der Waals surface area contributed by atoms with Gasteiger partial charge in [-0.05, 0) is 38.1 Å². The highest BCUT2D eigenvalue weighted by Crippen LogP contribution is 2.37. The molecule has 0 bridgehead atoms. The van der Waals surface area contributed by atoms with Crippen LogP contribution in [0.5, 0.6) is 11.5 Å². The van der Waals surface area contributed by atoms with Crippen molar-refractivity contribution >= 4 is 29.4 Å². The van der Waals surface area contributed by atoms with Crippen LogP contribution in [0.4, 0.5) is 0 Å². The van der Waals surface area contributed by atoms with Gasteiger partial charge in [-0.15, -0.1) is 0 Å². The smallest absolute Gasteiger partial charge is 0.340 e. The van der Waals surface area contributed by atoms with Gasteiger partial charge in [0.1, 0.15) is 0 Å². The summed E-state index contributed by atoms with van der Waals surface area (Å²) in [5.74, 6) is -1.19. The minimum absolute atomic E-state index is 0.106.